The molecule has 1 aliphatic carbocycles. The summed E-state index contributed by atoms with van der Waals surface area (Å²) in [7, 11) is 3.30. The minimum absolute atomic E-state index is 0.691. The first-order chi connectivity index (χ1) is 10.3. The van der Waals surface area contributed by atoms with Crippen LogP contribution in [0.5, 0.6) is 11.5 Å². The summed E-state index contributed by atoms with van der Waals surface area (Å²) < 4.78 is 12.8. The summed E-state index contributed by atoms with van der Waals surface area (Å²) in [6, 6.07) is 6.69. The molecule has 0 radical (unpaired) electrons. The number of nitrogens with zero attached hydrogens (tertiary/aromatic N) is 2. The second-order valence-electron chi connectivity index (χ2n) is 5.32. The Balaban J connectivity index is 1.72. The van der Waals surface area contributed by atoms with Crippen molar-refractivity contribution in [1.82, 2.24) is 14.9 Å². The molecule has 1 N–H and O–H groups in total. The highest BCUT2D eigenvalue weighted by Gasteiger charge is 2.20. The smallest absolute Gasteiger partial charge is 0.161 e. The number of hydrogen-bond donors (Lipinski definition) is 1. The van der Waals surface area contributed by atoms with Gasteiger partial charge in [0.1, 0.15) is 5.82 Å². The van der Waals surface area contributed by atoms with Crippen LogP contribution >= 0.6 is 0 Å². The van der Waals surface area contributed by atoms with Crippen molar-refractivity contribution >= 4 is 0 Å². The van der Waals surface area contributed by atoms with Crippen LogP contribution in [0.2, 0.25) is 0 Å². The Morgan fingerprint density at radius 1 is 1.24 bits per heavy atom. The number of imidazole rings is 1. The van der Waals surface area contributed by atoms with Gasteiger partial charge >= 0.3 is 0 Å². The third kappa shape index (κ3) is 3.36. The third-order valence-corrected chi connectivity index (χ3v) is 3.73. The van der Waals surface area contributed by atoms with Crippen molar-refractivity contribution in [3.05, 3.63) is 42.0 Å². The van der Waals surface area contributed by atoms with Gasteiger partial charge in [0.25, 0.3) is 0 Å². The number of ether oxygens (including phenoxy) is 2. The maximum Gasteiger partial charge on any atom is 0.161 e. The molecule has 5 heteroatoms. The molecule has 0 atom stereocenters. The zero-order valence-electron chi connectivity index (χ0n) is 12.5. The highest BCUT2D eigenvalue weighted by Crippen LogP contribution is 2.28. The van der Waals surface area contributed by atoms with Crippen molar-refractivity contribution < 1.29 is 9.47 Å². The van der Waals surface area contributed by atoms with Gasteiger partial charge in [0.2, 0.25) is 0 Å². The molecule has 0 aliphatic heterocycles. The lowest BCUT2D eigenvalue weighted by Crippen LogP contribution is -2.19. The van der Waals surface area contributed by atoms with Gasteiger partial charge in [-0.1, -0.05) is 6.07 Å². The van der Waals surface area contributed by atoms with Crippen LogP contribution in [0.1, 0.15) is 24.2 Å². The molecule has 1 aliphatic rings. The van der Waals surface area contributed by atoms with Crippen LogP contribution in [-0.2, 0) is 13.1 Å². The van der Waals surface area contributed by atoms with Gasteiger partial charge in [-0.15, -0.1) is 0 Å². The van der Waals surface area contributed by atoms with Gasteiger partial charge < -0.3 is 19.4 Å². The van der Waals surface area contributed by atoms with E-state index in [2.05, 4.69) is 20.9 Å². The van der Waals surface area contributed by atoms with Gasteiger partial charge in [-0.25, -0.2) is 4.98 Å². The van der Waals surface area contributed by atoms with Crippen molar-refractivity contribution in [2.45, 2.75) is 32.0 Å². The van der Waals surface area contributed by atoms with Crippen LogP contribution in [0, 0.1) is 0 Å². The van der Waals surface area contributed by atoms with Gasteiger partial charge in [0, 0.05) is 25.0 Å². The number of hydrogen-bond acceptors (Lipinski definition) is 4. The number of rotatable bonds is 7. The third-order valence-electron chi connectivity index (χ3n) is 3.73. The minimum atomic E-state index is 0.691. The van der Waals surface area contributed by atoms with E-state index >= 15 is 0 Å². The van der Waals surface area contributed by atoms with E-state index in [0.29, 0.717) is 6.04 Å². The molecule has 1 fully saturated rings. The summed E-state index contributed by atoms with van der Waals surface area (Å²) in [6.07, 6.45) is 6.44. The molecule has 0 bridgehead atoms. The van der Waals surface area contributed by atoms with E-state index in [4.69, 9.17) is 9.47 Å². The summed E-state index contributed by atoms with van der Waals surface area (Å²) in [4.78, 5) is 4.43. The first-order valence-corrected chi connectivity index (χ1v) is 7.24. The summed E-state index contributed by atoms with van der Waals surface area (Å²) in [5.41, 5.74) is 1.17. The van der Waals surface area contributed by atoms with Gasteiger partial charge in [0.05, 0.1) is 20.8 Å². The van der Waals surface area contributed by atoms with Crippen molar-refractivity contribution in [2.75, 3.05) is 14.2 Å². The molecule has 3 rings (SSSR count). The molecular weight excluding hydrogens is 266 g/mol. The maximum atomic E-state index is 5.35. The van der Waals surface area contributed by atoms with Gasteiger partial charge in [-0.05, 0) is 30.5 Å². The lowest BCUT2D eigenvalue weighted by Gasteiger charge is -2.12. The highest BCUT2D eigenvalue weighted by molar-refractivity contribution is 5.43. The normalized spacial score (nSPS) is 14.2. The number of benzene rings is 1. The monoisotopic (exact) mass is 287 g/mol. The molecule has 0 saturated heterocycles. The largest absolute Gasteiger partial charge is 0.493 e. The van der Waals surface area contributed by atoms with Crippen LogP contribution in [0.25, 0.3) is 0 Å². The fourth-order valence-corrected chi connectivity index (χ4v) is 2.35. The molecule has 1 aromatic heterocycles. The van der Waals surface area contributed by atoms with Crippen LogP contribution < -0.4 is 14.8 Å². The van der Waals surface area contributed by atoms with Crippen molar-refractivity contribution in [2.24, 2.45) is 0 Å². The lowest BCUT2D eigenvalue weighted by molar-refractivity contribution is 0.354. The average molecular weight is 287 g/mol. The van der Waals surface area contributed by atoms with E-state index in [1.807, 2.05) is 24.5 Å². The Morgan fingerprint density at radius 2 is 2.05 bits per heavy atom. The first-order valence-electron chi connectivity index (χ1n) is 7.24. The fourth-order valence-electron chi connectivity index (χ4n) is 2.35. The average Bonchev–Trinajstić information content (AvgIpc) is 3.25. The van der Waals surface area contributed by atoms with E-state index < -0.39 is 0 Å². The van der Waals surface area contributed by atoms with E-state index in [-0.39, 0.29) is 0 Å². The summed E-state index contributed by atoms with van der Waals surface area (Å²) >= 11 is 0. The number of aromatic nitrogens is 2. The van der Waals surface area contributed by atoms with Crippen molar-refractivity contribution in [3.63, 3.8) is 0 Å². The second-order valence-corrected chi connectivity index (χ2v) is 5.32. The molecule has 112 valence electrons. The molecule has 0 unspecified atom stereocenters. The molecule has 1 heterocycles. The summed E-state index contributed by atoms with van der Waals surface area (Å²) in [5, 5.41) is 3.50. The fraction of sp³-hybridized carbons (Fsp3) is 0.438. The Bertz CT molecular complexity index is 605. The first kappa shape index (κ1) is 13.9. The van der Waals surface area contributed by atoms with Gasteiger partial charge in [0.15, 0.2) is 11.5 Å². The van der Waals surface area contributed by atoms with E-state index in [0.717, 1.165) is 30.4 Å². The van der Waals surface area contributed by atoms with Crippen molar-refractivity contribution in [1.29, 1.82) is 0 Å². The van der Waals surface area contributed by atoms with Crippen molar-refractivity contribution in [3.8, 4) is 11.5 Å². The van der Waals surface area contributed by atoms with Crippen LogP contribution in [0.4, 0.5) is 0 Å². The zero-order valence-corrected chi connectivity index (χ0v) is 12.5. The number of methoxy groups -OCH3 is 2. The lowest BCUT2D eigenvalue weighted by atomic mass is 10.2. The Labute approximate surface area is 124 Å². The van der Waals surface area contributed by atoms with Crippen LogP contribution in [0.3, 0.4) is 0 Å². The summed E-state index contributed by atoms with van der Waals surface area (Å²) in [5.74, 6) is 2.58. The van der Waals surface area contributed by atoms with E-state index in [9.17, 15) is 0 Å². The zero-order chi connectivity index (χ0) is 14.7. The molecule has 0 spiro atoms. The molecule has 5 nitrogen and oxygen atoms in total. The van der Waals surface area contributed by atoms with Crippen LogP contribution in [-0.4, -0.2) is 29.8 Å². The van der Waals surface area contributed by atoms with E-state index in [1.165, 1.54) is 18.4 Å². The Hall–Kier alpha value is -2.01. The standard InChI is InChI=1S/C16H21N3O2/c1-20-14-6-3-12(9-15(14)21-2)11-19-8-7-17-16(19)10-18-13-4-5-13/h3,6-9,13,18H,4-5,10-11H2,1-2H3. The molecule has 0 amide bonds. The maximum absolute atomic E-state index is 5.35. The minimum Gasteiger partial charge on any atom is -0.493 e. The number of nitrogens with one attached hydrogen (secondary N) is 1. The molecule has 1 aromatic carbocycles. The highest BCUT2D eigenvalue weighted by atomic mass is 16.5. The topological polar surface area (TPSA) is 48.3 Å². The van der Waals surface area contributed by atoms with Gasteiger partial charge in [-0.2, -0.15) is 0 Å². The quantitative estimate of drug-likeness (QED) is 0.848. The predicted octanol–water partition coefficient (Wildman–Crippen LogP) is 2.20. The summed E-state index contributed by atoms with van der Waals surface area (Å²) in [6.45, 7) is 1.60. The van der Waals surface area contributed by atoms with Gasteiger partial charge in [-0.3, -0.25) is 0 Å². The predicted molar refractivity (Wildman–Crippen MR) is 80.7 cm³/mol. The Kier molecular flexibility index (Phi) is 4.10. The SMILES string of the molecule is COc1ccc(Cn2ccnc2CNC2CC2)cc1OC. The Morgan fingerprint density at radius 3 is 2.76 bits per heavy atom. The van der Waals surface area contributed by atoms with Crippen LogP contribution in [0.15, 0.2) is 30.6 Å². The molecule has 21 heavy (non-hydrogen) atoms. The molecule has 2 aromatic rings. The molecule has 1 saturated carbocycles. The second kappa shape index (κ2) is 6.18. The van der Waals surface area contributed by atoms with E-state index in [1.54, 1.807) is 14.2 Å². The molecular formula is C16H21N3O2.